The van der Waals surface area contributed by atoms with Gasteiger partial charge in [-0.15, -0.1) is 0 Å². The molecule has 0 bridgehead atoms. The van der Waals surface area contributed by atoms with Gasteiger partial charge in [0, 0.05) is 28.3 Å². The van der Waals surface area contributed by atoms with Crippen molar-refractivity contribution in [1.29, 1.82) is 0 Å². The van der Waals surface area contributed by atoms with Gasteiger partial charge in [0.25, 0.3) is 5.91 Å². The smallest absolute Gasteiger partial charge is 0.276 e. The van der Waals surface area contributed by atoms with Crippen LogP contribution in [0.15, 0.2) is 46.9 Å². The summed E-state index contributed by atoms with van der Waals surface area (Å²) in [6.45, 7) is 0. The first-order valence-electron chi connectivity index (χ1n) is 6.34. The van der Waals surface area contributed by atoms with Crippen molar-refractivity contribution < 1.29 is 4.79 Å². The third kappa shape index (κ3) is 2.50. The number of nitrogens with two attached hydrogens (primary N) is 1. The van der Waals surface area contributed by atoms with Crippen LogP contribution in [0.1, 0.15) is 10.5 Å². The number of nitrogens with zero attached hydrogens (tertiary/aromatic N) is 2. The molecule has 5 nitrogen and oxygen atoms in total. The number of para-hydroxylation sites is 1. The maximum absolute atomic E-state index is 12.4. The number of nitrogen functional groups attached to an aromatic ring is 1. The van der Waals surface area contributed by atoms with Gasteiger partial charge < -0.3 is 11.1 Å². The van der Waals surface area contributed by atoms with Gasteiger partial charge in [0.2, 0.25) is 0 Å². The van der Waals surface area contributed by atoms with Gasteiger partial charge >= 0.3 is 0 Å². The summed E-state index contributed by atoms with van der Waals surface area (Å²) in [6, 6.07) is 12.9. The van der Waals surface area contributed by atoms with Crippen molar-refractivity contribution in [1.82, 2.24) is 9.78 Å². The minimum Gasteiger partial charge on any atom is -0.398 e. The molecule has 0 unspecified atom stereocenters. The van der Waals surface area contributed by atoms with Crippen molar-refractivity contribution in [2.75, 3.05) is 11.1 Å². The van der Waals surface area contributed by atoms with Gasteiger partial charge in [0.15, 0.2) is 5.69 Å². The van der Waals surface area contributed by atoms with E-state index >= 15 is 0 Å². The summed E-state index contributed by atoms with van der Waals surface area (Å²) in [7, 11) is 1.82. The van der Waals surface area contributed by atoms with E-state index < -0.39 is 0 Å². The SMILES string of the molecule is Cn1nc(C(=O)Nc2ccc(Br)c(N)c2)c2ccccc21. The Kier molecular flexibility index (Phi) is 3.39. The Morgan fingerprint density at radius 3 is 2.81 bits per heavy atom. The van der Waals surface area contributed by atoms with Crippen LogP contribution in [0.5, 0.6) is 0 Å². The zero-order valence-electron chi connectivity index (χ0n) is 11.3. The van der Waals surface area contributed by atoms with E-state index in [0.717, 1.165) is 15.4 Å². The zero-order chi connectivity index (χ0) is 15.0. The lowest BCUT2D eigenvalue weighted by molar-refractivity contribution is 0.102. The van der Waals surface area contributed by atoms with Gasteiger partial charge in [-0.3, -0.25) is 9.48 Å². The van der Waals surface area contributed by atoms with E-state index in [-0.39, 0.29) is 5.91 Å². The number of hydrogen-bond donors (Lipinski definition) is 2. The van der Waals surface area contributed by atoms with E-state index in [1.165, 1.54) is 0 Å². The highest BCUT2D eigenvalue weighted by Crippen LogP contribution is 2.24. The molecule has 3 rings (SSSR count). The predicted molar refractivity (Wildman–Crippen MR) is 87.2 cm³/mol. The molecule has 0 atom stereocenters. The third-order valence-electron chi connectivity index (χ3n) is 3.23. The first-order chi connectivity index (χ1) is 10.1. The van der Waals surface area contributed by atoms with Crippen molar-refractivity contribution in [3.05, 3.63) is 52.6 Å². The number of benzene rings is 2. The molecule has 21 heavy (non-hydrogen) atoms. The third-order valence-corrected chi connectivity index (χ3v) is 3.95. The molecule has 1 amide bonds. The van der Waals surface area contributed by atoms with Crippen molar-refractivity contribution in [2.45, 2.75) is 0 Å². The summed E-state index contributed by atoms with van der Waals surface area (Å²) in [6.07, 6.45) is 0. The first-order valence-corrected chi connectivity index (χ1v) is 7.13. The van der Waals surface area contributed by atoms with Crippen molar-refractivity contribution in [2.24, 2.45) is 7.05 Å². The van der Waals surface area contributed by atoms with Crippen LogP contribution >= 0.6 is 15.9 Å². The number of carbonyl (C=O) groups is 1. The van der Waals surface area contributed by atoms with Crippen LogP contribution in [0.25, 0.3) is 10.9 Å². The minimum atomic E-state index is -0.256. The number of aromatic nitrogens is 2. The number of nitrogens with one attached hydrogen (secondary N) is 1. The number of anilines is 2. The maximum Gasteiger partial charge on any atom is 0.276 e. The average Bonchev–Trinajstić information content (AvgIpc) is 2.81. The van der Waals surface area contributed by atoms with Crippen molar-refractivity contribution >= 4 is 44.1 Å². The van der Waals surface area contributed by atoms with Gasteiger partial charge in [0.1, 0.15) is 0 Å². The van der Waals surface area contributed by atoms with Gasteiger partial charge in [0.05, 0.1) is 5.52 Å². The monoisotopic (exact) mass is 344 g/mol. The standard InChI is InChI=1S/C15H13BrN4O/c1-20-13-5-3-2-4-10(13)14(19-20)15(21)18-9-6-7-11(16)12(17)8-9/h2-8H,17H2,1H3,(H,18,21). The van der Waals surface area contributed by atoms with E-state index in [9.17, 15) is 4.79 Å². The number of fused-ring (bicyclic) bond motifs is 1. The second kappa shape index (κ2) is 5.21. The second-order valence-corrected chi connectivity index (χ2v) is 5.53. The summed E-state index contributed by atoms with van der Waals surface area (Å²) >= 11 is 3.32. The van der Waals surface area contributed by atoms with Crippen LogP contribution < -0.4 is 11.1 Å². The van der Waals surface area contributed by atoms with Crippen LogP contribution in [0.3, 0.4) is 0 Å². The molecule has 0 spiro atoms. The molecule has 0 saturated carbocycles. The van der Waals surface area contributed by atoms with Crippen LogP contribution in [-0.2, 0) is 7.05 Å². The summed E-state index contributed by atoms with van der Waals surface area (Å²) in [5.74, 6) is -0.256. The minimum absolute atomic E-state index is 0.256. The topological polar surface area (TPSA) is 72.9 Å². The number of aryl methyl sites for hydroxylation is 1. The molecular weight excluding hydrogens is 332 g/mol. The molecule has 0 aliphatic heterocycles. The van der Waals surface area contributed by atoms with Crippen LogP contribution in [0.4, 0.5) is 11.4 Å². The molecule has 1 aromatic heterocycles. The van der Waals surface area contributed by atoms with Crippen LogP contribution in [0.2, 0.25) is 0 Å². The van der Waals surface area contributed by atoms with Crippen molar-refractivity contribution in [3.8, 4) is 0 Å². The maximum atomic E-state index is 12.4. The van der Waals surface area contributed by atoms with Gasteiger partial charge in [-0.1, -0.05) is 18.2 Å². The molecule has 3 aromatic rings. The fourth-order valence-electron chi connectivity index (χ4n) is 2.19. The summed E-state index contributed by atoms with van der Waals surface area (Å²) in [5.41, 5.74) is 8.33. The predicted octanol–water partition coefficient (Wildman–Crippen LogP) is 3.17. The quantitative estimate of drug-likeness (QED) is 0.701. The van der Waals surface area contributed by atoms with Gasteiger partial charge in [-0.25, -0.2) is 0 Å². The molecule has 0 aliphatic carbocycles. The molecule has 0 aliphatic rings. The first kappa shape index (κ1) is 13.6. The number of hydrogen-bond acceptors (Lipinski definition) is 3. The fourth-order valence-corrected chi connectivity index (χ4v) is 2.44. The molecule has 1 heterocycles. The van der Waals surface area contributed by atoms with E-state index in [2.05, 4.69) is 26.3 Å². The molecule has 2 aromatic carbocycles. The van der Waals surface area contributed by atoms with Gasteiger partial charge in [-0.05, 0) is 40.2 Å². The van der Waals surface area contributed by atoms with Crippen LogP contribution in [-0.4, -0.2) is 15.7 Å². The lowest BCUT2D eigenvalue weighted by atomic mass is 10.2. The Balaban J connectivity index is 1.95. The number of amides is 1. The molecular formula is C15H13BrN4O. The van der Waals surface area contributed by atoms with Gasteiger partial charge in [-0.2, -0.15) is 5.10 Å². The Bertz CT molecular complexity index is 841. The Morgan fingerprint density at radius 2 is 2.05 bits per heavy atom. The van der Waals surface area contributed by atoms with Crippen molar-refractivity contribution in [3.63, 3.8) is 0 Å². The summed E-state index contributed by atoms with van der Waals surface area (Å²) in [5, 5.41) is 7.93. The highest BCUT2D eigenvalue weighted by Gasteiger charge is 2.15. The Hall–Kier alpha value is -2.34. The number of rotatable bonds is 2. The molecule has 0 fully saturated rings. The Morgan fingerprint density at radius 1 is 1.29 bits per heavy atom. The molecule has 3 N–H and O–H groups in total. The van der Waals surface area contributed by atoms with E-state index in [0.29, 0.717) is 17.1 Å². The zero-order valence-corrected chi connectivity index (χ0v) is 12.9. The largest absolute Gasteiger partial charge is 0.398 e. The molecule has 0 radical (unpaired) electrons. The second-order valence-electron chi connectivity index (χ2n) is 4.68. The van der Waals surface area contributed by atoms with E-state index in [1.807, 2.05) is 31.3 Å². The lowest BCUT2D eigenvalue weighted by Crippen LogP contribution is -2.13. The Labute approximate surface area is 129 Å². The fraction of sp³-hybridized carbons (Fsp3) is 0.0667. The lowest BCUT2D eigenvalue weighted by Gasteiger charge is -2.05. The normalized spacial score (nSPS) is 10.8. The summed E-state index contributed by atoms with van der Waals surface area (Å²) < 4.78 is 2.49. The highest BCUT2D eigenvalue weighted by atomic mass is 79.9. The van der Waals surface area contributed by atoms with E-state index in [4.69, 9.17) is 5.73 Å². The van der Waals surface area contributed by atoms with E-state index in [1.54, 1.807) is 22.9 Å². The molecule has 106 valence electrons. The summed E-state index contributed by atoms with van der Waals surface area (Å²) in [4.78, 5) is 12.4. The molecule has 0 saturated heterocycles. The number of carbonyl (C=O) groups excluding carboxylic acids is 1. The number of halogens is 1. The molecule has 6 heteroatoms. The average molecular weight is 345 g/mol. The van der Waals surface area contributed by atoms with Crippen LogP contribution in [0, 0.1) is 0 Å². The highest BCUT2D eigenvalue weighted by molar-refractivity contribution is 9.10.